The lowest BCUT2D eigenvalue weighted by Crippen LogP contribution is -2.30. The van der Waals surface area contributed by atoms with E-state index in [0.717, 1.165) is 52.3 Å². The molecule has 3 aromatic carbocycles. The molecule has 0 fully saturated rings. The van der Waals surface area contributed by atoms with E-state index in [-0.39, 0.29) is 11.1 Å². The number of rotatable bonds is 9. The molecular weight excluding hydrogens is 492 g/mol. The highest BCUT2D eigenvalue weighted by Gasteiger charge is 2.39. The first-order chi connectivity index (χ1) is 18.5. The summed E-state index contributed by atoms with van der Waals surface area (Å²) in [6, 6.07) is 18.0. The van der Waals surface area contributed by atoms with Crippen molar-refractivity contribution in [2.24, 2.45) is 4.99 Å². The van der Waals surface area contributed by atoms with Crippen molar-refractivity contribution in [1.29, 1.82) is 0 Å². The van der Waals surface area contributed by atoms with Crippen molar-refractivity contribution in [2.45, 2.75) is 65.1 Å². The number of carboxylic acid groups (broad SMARTS) is 1. The average molecular weight is 529 g/mol. The molecule has 2 aliphatic rings. The second-order valence-corrected chi connectivity index (χ2v) is 11.4. The molecule has 0 unspecified atom stereocenters. The predicted octanol–water partition coefficient (Wildman–Crippen LogP) is 6.05. The number of carbonyl (C=O) groups is 1. The van der Waals surface area contributed by atoms with Crippen molar-refractivity contribution in [3.63, 3.8) is 0 Å². The van der Waals surface area contributed by atoms with E-state index in [2.05, 4.69) is 39.1 Å². The minimum atomic E-state index is -1.02. The fourth-order valence-corrected chi connectivity index (χ4v) is 5.41. The molecule has 0 aromatic heterocycles. The van der Waals surface area contributed by atoms with Gasteiger partial charge in [0.05, 0.1) is 23.5 Å². The number of nitrogens with zero attached hydrogens (tertiary/aromatic N) is 1. The number of fused-ring (bicyclic) bond motifs is 3. The van der Waals surface area contributed by atoms with Crippen LogP contribution < -0.4 is 19.5 Å². The summed E-state index contributed by atoms with van der Waals surface area (Å²) in [5, 5.41) is 12.7. The van der Waals surface area contributed by atoms with Crippen molar-refractivity contribution >= 4 is 17.4 Å². The highest BCUT2D eigenvalue weighted by molar-refractivity contribution is 6.16. The summed E-state index contributed by atoms with van der Waals surface area (Å²) in [5.74, 6) is 1.05. The minimum Gasteiger partial charge on any atom is -0.490 e. The van der Waals surface area contributed by atoms with E-state index in [4.69, 9.17) is 19.2 Å². The second-order valence-electron chi connectivity index (χ2n) is 11.4. The van der Waals surface area contributed by atoms with E-state index in [1.54, 1.807) is 0 Å². The quantitative estimate of drug-likeness (QED) is 0.352. The van der Waals surface area contributed by atoms with Gasteiger partial charge in [0.15, 0.2) is 18.1 Å². The third-order valence-electron chi connectivity index (χ3n) is 6.91. The molecule has 0 bridgehead atoms. The predicted molar refractivity (Wildman–Crippen MR) is 153 cm³/mol. The first-order valence-electron chi connectivity index (χ1n) is 13.4. The summed E-state index contributed by atoms with van der Waals surface area (Å²) < 4.78 is 18.1. The molecule has 204 valence electrons. The topological polar surface area (TPSA) is 89.4 Å². The monoisotopic (exact) mass is 528 g/mol. The Kier molecular flexibility index (Phi) is 7.02. The molecular formula is C32H36N2O5. The molecule has 0 atom stereocenters. The zero-order valence-corrected chi connectivity index (χ0v) is 23.3. The Labute approximate surface area is 229 Å². The maximum atomic E-state index is 11.2. The standard InChI is InChI=1S/C32H36N2O5/c1-6-37-26-15-22-16-31(2,3)34-29(28(22)23-17-32(4,5)39-30(23)26)21-12-13-25(38-19-27(35)36)24(14-21)33-18-20-10-8-7-9-11-20/h7-15,33H,6,16-19H2,1-5H3,(H,35,36). The molecule has 2 aliphatic heterocycles. The van der Waals surface area contributed by atoms with Crippen LogP contribution in [0, 0.1) is 0 Å². The van der Waals surface area contributed by atoms with Crippen LogP contribution in [0.5, 0.6) is 17.2 Å². The Morgan fingerprint density at radius 2 is 1.79 bits per heavy atom. The molecule has 5 rings (SSSR count). The summed E-state index contributed by atoms with van der Waals surface area (Å²) in [6.07, 6.45) is 1.54. The van der Waals surface area contributed by atoms with Crippen molar-refractivity contribution < 1.29 is 24.1 Å². The van der Waals surface area contributed by atoms with Gasteiger partial charge in [0.2, 0.25) is 0 Å². The maximum absolute atomic E-state index is 11.2. The van der Waals surface area contributed by atoms with Crippen LogP contribution in [0.15, 0.2) is 59.6 Å². The Hall–Kier alpha value is -4.00. The van der Waals surface area contributed by atoms with Gasteiger partial charge in [-0.25, -0.2) is 4.79 Å². The number of hydrogen-bond donors (Lipinski definition) is 2. The molecule has 0 saturated heterocycles. The zero-order chi connectivity index (χ0) is 27.8. The Bertz CT molecular complexity index is 1430. The third-order valence-corrected chi connectivity index (χ3v) is 6.91. The summed E-state index contributed by atoms with van der Waals surface area (Å²) >= 11 is 0. The SMILES string of the molecule is CCOc1cc2c(c3c1OC(C)(C)C3)C(c1ccc(OCC(=O)O)c(NCc3ccccc3)c1)=NC(C)(C)C2. The van der Waals surface area contributed by atoms with Gasteiger partial charge in [-0.15, -0.1) is 0 Å². The molecule has 2 heterocycles. The van der Waals surface area contributed by atoms with Gasteiger partial charge in [0.25, 0.3) is 0 Å². The zero-order valence-electron chi connectivity index (χ0n) is 23.3. The number of benzene rings is 3. The Morgan fingerprint density at radius 3 is 2.51 bits per heavy atom. The van der Waals surface area contributed by atoms with E-state index >= 15 is 0 Å². The van der Waals surface area contributed by atoms with E-state index in [0.29, 0.717) is 24.6 Å². The molecule has 3 aromatic rings. The lowest BCUT2D eigenvalue weighted by Gasteiger charge is -2.31. The molecule has 0 spiro atoms. The van der Waals surface area contributed by atoms with Crippen LogP contribution in [0.3, 0.4) is 0 Å². The number of ether oxygens (including phenoxy) is 3. The summed E-state index contributed by atoms with van der Waals surface area (Å²) in [7, 11) is 0. The second kappa shape index (κ2) is 10.3. The van der Waals surface area contributed by atoms with Crippen LogP contribution in [0.1, 0.15) is 62.4 Å². The number of nitrogens with one attached hydrogen (secondary N) is 1. The van der Waals surface area contributed by atoms with E-state index in [1.165, 1.54) is 5.56 Å². The van der Waals surface area contributed by atoms with Gasteiger partial charge in [-0.3, -0.25) is 4.99 Å². The number of carboxylic acids is 1. The molecule has 0 saturated carbocycles. The van der Waals surface area contributed by atoms with Crippen molar-refractivity contribution in [1.82, 2.24) is 0 Å². The van der Waals surface area contributed by atoms with Gasteiger partial charge < -0.3 is 24.6 Å². The third kappa shape index (κ3) is 5.72. The van der Waals surface area contributed by atoms with Gasteiger partial charge >= 0.3 is 5.97 Å². The fraction of sp³-hybridized carbons (Fsp3) is 0.375. The summed E-state index contributed by atoms with van der Waals surface area (Å²) in [4.78, 5) is 16.5. The molecule has 7 nitrogen and oxygen atoms in total. The fourth-order valence-electron chi connectivity index (χ4n) is 5.41. The van der Waals surface area contributed by atoms with Gasteiger partial charge in [0.1, 0.15) is 11.4 Å². The van der Waals surface area contributed by atoms with Crippen LogP contribution in [0.2, 0.25) is 0 Å². The number of aliphatic imine (C=N–C) groups is 1. The Morgan fingerprint density at radius 1 is 1.03 bits per heavy atom. The van der Waals surface area contributed by atoms with Crippen molar-refractivity contribution in [2.75, 3.05) is 18.5 Å². The van der Waals surface area contributed by atoms with E-state index < -0.39 is 12.6 Å². The van der Waals surface area contributed by atoms with Crippen LogP contribution >= 0.6 is 0 Å². The van der Waals surface area contributed by atoms with Gasteiger partial charge in [-0.2, -0.15) is 0 Å². The minimum absolute atomic E-state index is 0.314. The number of aliphatic carboxylic acids is 1. The van der Waals surface area contributed by atoms with Gasteiger partial charge in [0, 0.05) is 29.7 Å². The number of hydrogen-bond acceptors (Lipinski definition) is 6. The lowest BCUT2D eigenvalue weighted by atomic mass is 9.81. The normalized spacial score (nSPS) is 16.4. The molecule has 0 amide bonds. The highest BCUT2D eigenvalue weighted by Crippen LogP contribution is 2.48. The van der Waals surface area contributed by atoms with Crippen LogP contribution in [-0.4, -0.2) is 41.1 Å². The van der Waals surface area contributed by atoms with E-state index in [1.807, 2.05) is 55.5 Å². The van der Waals surface area contributed by atoms with Crippen molar-refractivity contribution in [3.8, 4) is 17.2 Å². The molecule has 7 heteroatoms. The van der Waals surface area contributed by atoms with Gasteiger partial charge in [-0.05, 0) is 76.4 Å². The first-order valence-corrected chi connectivity index (χ1v) is 13.4. The molecule has 2 N–H and O–H groups in total. The first kappa shape index (κ1) is 26.6. The largest absolute Gasteiger partial charge is 0.490 e. The average Bonchev–Trinajstić information content (AvgIpc) is 3.21. The van der Waals surface area contributed by atoms with Crippen LogP contribution in [0.25, 0.3) is 0 Å². The lowest BCUT2D eigenvalue weighted by molar-refractivity contribution is -0.139. The van der Waals surface area contributed by atoms with Crippen molar-refractivity contribution in [3.05, 3.63) is 82.4 Å². The maximum Gasteiger partial charge on any atom is 0.341 e. The van der Waals surface area contributed by atoms with Gasteiger partial charge in [-0.1, -0.05) is 30.3 Å². The van der Waals surface area contributed by atoms with Crippen LogP contribution in [0.4, 0.5) is 5.69 Å². The smallest absolute Gasteiger partial charge is 0.341 e. The van der Waals surface area contributed by atoms with E-state index in [9.17, 15) is 9.90 Å². The number of anilines is 1. The highest BCUT2D eigenvalue weighted by atomic mass is 16.5. The Balaban J connectivity index is 1.61. The van der Waals surface area contributed by atoms with Crippen LogP contribution in [-0.2, 0) is 24.2 Å². The molecule has 39 heavy (non-hydrogen) atoms. The molecule has 0 aliphatic carbocycles. The summed E-state index contributed by atoms with van der Waals surface area (Å²) in [6.45, 7) is 11.2. The summed E-state index contributed by atoms with van der Waals surface area (Å²) in [5.41, 5.74) is 6.40. The molecule has 0 radical (unpaired) electrons.